The molecule has 6 N–H and O–H groups in total. The Balaban J connectivity index is 2.40. The number of rotatable bonds is 20. The molecule has 1 fully saturated rings. The van der Waals surface area contributed by atoms with E-state index in [0.29, 0.717) is 5.56 Å². The first-order valence-electron chi connectivity index (χ1n) is 13.6. The van der Waals surface area contributed by atoms with E-state index >= 15 is 0 Å². The molecule has 0 unspecified atom stereocenters. The Labute approximate surface area is 252 Å². The van der Waals surface area contributed by atoms with Crippen molar-refractivity contribution in [1.29, 1.82) is 0 Å². The van der Waals surface area contributed by atoms with Gasteiger partial charge in [-0.1, -0.05) is 6.07 Å². The summed E-state index contributed by atoms with van der Waals surface area (Å²) in [5.74, 6) is -0.671. The molecule has 246 valence electrons. The number of carbonyl (C=O) groups is 5. The van der Waals surface area contributed by atoms with Crippen LogP contribution in [0.25, 0.3) is 0 Å². The fourth-order valence-electron chi connectivity index (χ4n) is 4.25. The van der Waals surface area contributed by atoms with Crippen LogP contribution in [0.2, 0.25) is 0 Å². The fourth-order valence-corrected chi connectivity index (χ4v) is 4.25. The van der Waals surface area contributed by atoms with Crippen LogP contribution in [0, 0.1) is 0 Å². The summed E-state index contributed by atoms with van der Waals surface area (Å²) in [4.78, 5) is 65.6. The quantitative estimate of drug-likeness (QED) is 0.0708. The molecular weight excluding hydrogens is 592 g/mol. The first kappa shape index (κ1) is 36.3. The van der Waals surface area contributed by atoms with E-state index in [1.165, 1.54) is 25.1 Å². The number of nitrogens with two attached hydrogens (primary N) is 1. The van der Waals surface area contributed by atoms with Gasteiger partial charge in [0.1, 0.15) is 12.4 Å². The van der Waals surface area contributed by atoms with E-state index in [1.54, 1.807) is 0 Å². The maximum Gasteiger partial charge on any atom is 0.333 e. The molecule has 1 amide bonds. The predicted octanol–water partition coefficient (Wildman–Crippen LogP) is -0.237. The third-order valence-electron chi connectivity index (χ3n) is 6.23. The van der Waals surface area contributed by atoms with Crippen LogP contribution in [0.1, 0.15) is 48.5 Å². The summed E-state index contributed by atoms with van der Waals surface area (Å²) in [6.45, 7) is 1.22. The minimum Gasteiger partial charge on any atom is -0.481 e. The number of carboxylic acid groups (broad SMARTS) is 3. The van der Waals surface area contributed by atoms with Crippen LogP contribution in [0.4, 0.5) is 0 Å². The zero-order valence-corrected chi connectivity index (χ0v) is 24.1. The van der Waals surface area contributed by atoms with Gasteiger partial charge in [0.2, 0.25) is 6.29 Å². The number of benzene rings is 1. The Morgan fingerprint density at radius 1 is 0.977 bits per heavy atom. The molecule has 17 heteroatoms. The van der Waals surface area contributed by atoms with E-state index in [4.69, 9.17) is 29.6 Å². The van der Waals surface area contributed by atoms with Gasteiger partial charge in [-0.25, -0.2) is 10.7 Å². The smallest absolute Gasteiger partial charge is 0.333 e. The van der Waals surface area contributed by atoms with Crippen LogP contribution in [-0.4, -0.2) is 119 Å². The third-order valence-corrected chi connectivity index (χ3v) is 6.23. The molecule has 0 radical (unpaired) electrons. The van der Waals surface area contributed by atoms with Gasteiger partial charge in [-0.15, -0.1) is 0 Å². The first-order valence-corrected chi connectivity index (χ1v) is 13.6. The molecule has 17 nitrogen and oxygen atoms in total. The van der Waals surface area contributed by atoms with Crippen molar-refractivity contribution in [2.45, 2.75) is 63.8 Å². The molecule has 1 aromatic carbocycles. The largest absolute Gasteiger partial charge is 0.481 e. The highest BCUT2D eigenvalue weighted by molar-refractivity contribution is 5.98. The lowest BCUT2D eigenvalue weighted by molar-refractivity contribution is -0.195. The molecule has 1 saturated heterocycles. The minimum absolute atomic E-state index is 0.0907. The van der Waals surface area contributed by atoms with Crippen molar-refractivity contribution in [3.63, 3.8) is 0 Å². The summed E-state index contributed by atoms with van der Waals surface area (Å²) in [6, 6.07) is 2.81. The van der Waals surface area contributed by atoms with Gasteiger partial charge in [-0.05, 0) is 17.7 Å². The fraction of sp³-hybridized carbons (Fsp3) is 0.593. The molecule has 0 bridgehead atoms. The lowest BCUT2D eigenvalue weighted by atomic mass is 10.0. The molecule has 0 aliphatic carbocycles. The number of nitrogens with zero attached hydrogens (tertiary/aromatic N) is 1. The average Bonchev–Trinajstić information content (AvgIpc) is 2.94. The zero-order valence-electron chi connectivity index (χ0n) is 24.1. The van der Waals surface area contributed by atoms with E-state index in [0.717, 1.165) is 4.90 Å². The minimum atomic E-state index is -1.37. The Bertz CT molecular complexity index is 1110. The van der Waals surface area contributed by atoms with Crippen molar-refractivity contribution in [3.05, 3.63) is 29.3 Å². The van der Waals surface area contributed by atoms with Crippen molar-refractivity contribution >= 4 is 29.8 Å². The van der Waals surface area contributed by atoms with Crippen LogP contribution in [0.5, 0.6) is 5.75 Å². The first-order chi connectivity index (χ1) is 20.9. The Hall–Kier alpha value is -3.87. The molecule has 0 aromatic heterocycles. The highest BCUT2D eigenvalue weighted by Gasteiger charge is 2.36. The van der Waals surface area contributed by atoms with Crippen LogP contribution >= 0.6 is 0 Å². The summed E-state index contributed by atoms with van der Waals surface area (Å²) in [7, 11) is 0. The molecule has 44 heavy (non-hydrogen) atoms. The molecule has 1 aromatic rings. The molecular formula is C27H38N2O15. The van der Waals surface area contributed by atoms with Gasteiger partial charge in [0.25, 0.3) is 5.91 Å². The summed E-state index contributed by atoms with van der Waals surface area (Å²) >= 11 is 0. The van der Waals surface area contributed by atoms with Crippen molar-refractivity contribution < 1.29 is 72.9 Å². The second-order valence-electron chi connectivity index (χ2n) is 9.69. The summed E-state index contributed by atoms with van der Waals surface area (Å²) in [5, 5.41) is 38.5. The predicted molar refractivity (Wildman–Crippen MR) is 145 cm³/mol. The number of aliphatic hydroxyl groups excluding tert-OH is 1. The molecule has 1 aliphatic rings. The Morgan fingerprint density at radius 2 is 1.61 bits per heavy atom. The van der Waals surface area contributed by atoms with Gasteiger partial charge in [-0.3, -0.25) is 19.2 Å². The number of esters is 1. The normalized spacial score (nSPS) is 18.0. The number of aliphatic hydroxyl groups is 1. The lowest BCUT2D eigenvalue weighted by Crippen LogP contribution is -2.45. The van der Waals surface area contributed by atoms with Gasteiger partial charge < -0.3 is 53.8 Å². The number of carboxylic acids is 3. The molecule has 3 atom stereocenters. The number of hydrogen-bond acceptors (Lipinski definition) is 13. The van der Waals surface area contributed by atoms with Crippen LogP contribution < -0.4 is 10.6 Å². The van der Waals surface area contributed by atoms with Gasteiger partial charge in [0.15, 0.2) is 6.10 Å². The van der Waals surface area contributed by atoms with Crippen LogP contribution in [0.3, 0.4) is 0 Å². The maximum atomic E-state index is 14.0. The Kier molecular flexibility index (Phi) is 15.5. The van der Waals surface area contributed by atoms with Crippen molar-refractivity contribution in [2.24, 2.45) is 5.90 Å². The van der Waals surface area contributed by atoms with Crippen LogP contribution in [0.15, 0.2) is 18.2 Å². The maximum absolute atomic E-state index is 14.0. The number of hydrogen-bond donors (Lipinski definition) is 5. The topological polar surface area (TPSA) is 251 Å². The number of ether oxygens (including phenoxy) is 5. The van der Waals surface area contributed by atoms with Crippen LogP contribution in [-0.2, 0) is 49.6 Å². The molecule has 0 spiro atoms. The van der Waals surface area contributed by atoms with E-state index in [1.807, 2.05) is 0 Å². The second-order valence-corrected chi connectivity index (χ2v) is 9.69. The Morgan fingerprint density at radius 3 is 2.20 bits per heavy atom. The molecule has 1 aliphatic heterocycles. The van der Waals surface area contributed by atoms with Gasteiger partial charge in [0.05, 0.1) is 63.6 Å². The van der Waals surface area contributed by atoms with Crippen molar-refractivity contribution in [2.75, 3.05) is 39.6 Å². The number of aliphatic carboxylic acids is 3. The van der Waals surface area contributed by atoms with E-state index < -0.39 is 67.2 Å². The van der Waals surface area contributed by atoms with Crippen molar-refractivity contribution in [1.82, 2.24) is 4.90 Å². The van der Waals surface area contributed by atoms with E-state index in [9.17, 15) is 44.4 Å². The highest BCUT2D eigenvalue weighted by atomic mass is 16.7. The van der Waals surface area contributed by atoms with E-state index in [2.05, 4.69) is 4.84 Å². The van der Waals surface area contributed by atoms with E-state index in [-0.39, 0.29) is 70.3 Å². The lowest BCUT2D eigenvalue weighted by Gasteiger charge is -2.33. The summed E-state index contributed by atoms with van der Waals surface area (Å²) < 4.78 is 27.0. The monoisotopic (exact) mass is 630 g/mol. The molecule has 2 rings (SSSR count). The van der Waals surface area contributed by atoms with Gasteiger partial charge in [0, 0.05) is 26.3 Å². The molecule has 0 saturated carbocycles. The number of amides is 1. The SMILES string of the molecule is CC(=O)OCc1ccc(O[C@H]2C[C@@H](O)C[C@@H](C(=O)O)O2)c(C(=O)N(CCOCCOCCON)C(CC(=O)O)CC(=O)O)c1. The van der Waals surface area contributed by atoms with Gasteiger partial charge in [-0.2, -0.15) is 0 Å². The number of carbonyl (C=O) groups excluding carboxylic acids is 2. The van der Waals surface area contributed by atoms with Gasteiger partial charge >= 0.3 is 23.9 Å². The van der Waals surface area contributed by atoms with Crippen molar-refractivity contribution in [3.8, 4) is 5.75 Å². The zero-order chi connectivity index (χ0) is 32.6. The third kappa shape index (κ3) is 12.8. The summed E-state index contributed by atoms with van der Waals surface area (Å²) in [5.41, 5.74) is 0.155. The average molecular weight is 631 g/mol. The summed E-state index contributed by atoms with van der Waals surface area (Å²) in [6.07, 6.45) is -5.43. The molecule has 1 heterocycles. The second kappa shape index (κ2) is 18.7. The highest BCUT2D eigenvalue weighted by Crippen LogP contribution is 2.29. The standard InChI is InChI=1S/C27H38N2O15/c1-16(30)41-15-17-2-3-21(43-25-14-19(31)13-22(44-25)27(37)38)20(10-17)26(36)29(18(11-23(32)33)12-24(34)35)4-5-39-6-7-40-8-9-42-28/h2-3,10,18-19,22,25,31H,4-9,11-15,28H2,1H3,(H,32,33)(H,34,35)(H,37,38)/t19-,22-,25+/m0/s1.